The van der Waals surface area contributed by atoms with E-state index in [-0.39, 0.29) is 75.3 Å². The molecule has 0 aliphatic heterocycles. The van der Waals surface area contributed by atoms with Gasteiger partial charge in [0, 0.05) is 0 Å². The average molecular weight is 1310 g/mol. The Kier molecular flexibility index (Phi) is 55.8. The third kappa shape index (κ3) is 45.3. The normalized spacial score (nSPS) is 11.8. The molecule has 0 radical (unpaired) electrons. The van der Waals surface area contributed by atoms with Crippen molar-refractivity contribution in [2.75, 3.05) is 26.4 Å². The van der Waals surface area contributed by atoms with E-state index in [4.69, 9.17) is 18.9 Å². The van der Waals surface area contributed by atoms with Crippen molar-refractivity contribution < 1.29 is 64.1 Å². The van der Waals surface area contributed by atoms with Crippen molar-refractivity contribution in [2.24, 2.45) is 0 Å². The van der Waals surface area contributed by atoms with Gasteiger partial charge < -0.3 is 28.1 Å². The summed E-state index contributed by atoms with van der Waals surface area (Å²) in [6.07, 6.45) is 61.4. The number of allylic oxidation sites excluding steroid dienone is 8. The number of carbonyl (C=O) groups is 4. The Labute approximate surface area is 569 Å². The molecule has 14 nitrogen and oxygen atoms in total. The number of ether oxygens (including phenoxy) is 4. The summed E-state index contributed by atoms with van der Waals surface area (Å²) < 4.78 is 92.6. The molecule has 0 atom stereocenters. The maximum absolute atomic E-state index is 12.9. The van der Waals surface area contributed by atoms with Gasteiger partial charge in [0.05, 0.1) is 58.5 Å². The minimum Gasteiger partial charge on any atom is -0.744 e. The van der Waals surface area contributed by atoms with Crippen LogP contribution < -0.4 is 0 Å². The molecule has 0 aliphatic carbocycles. The fraction of sp³-hybridized carbons (Fsp3) is 0.667. The molecule has 0 fully saturated rings. The van der Waals surface area contributed by atoms with Crippen molar-refractivity contribution in [1.82, 2.24) is 0 Å². The molecule has 0 aliphatic rings. The van der Waals surface area contributed by atoms with Crippen molar-refractivity contribution in [3.63, 3.8) is 0 Å². The van der Waals surface area contributed by atoms with Crippen LogP contribution >= 0.6 is 0 Å². The van der Waals surface area contributed by atoms with Gasteiger partial charge in [-0.3, -0.25) is 0 Å². The van der Waals surface area contributed by atoms with Crippen LogP contribution in [0.4, 0.5) is 0 Å². The Morgan fingerprint density at radius 2 is 0.506 bits per heavy atom. The SMILES string of the molecule is C/C=C/CCCCCCCCCCCOC(=O)c1cccc(S(=O)(=O)[O-])c1C(=O)OCCCCCCCCCCC/C=C/C.C/C=C/CCCCCCCCCCCOC(=O)c1cccc(S(=O)(=O)[O-])c1C(=O)OCCCCCCCCCCC/C=C/C.[Ca+2]. The van der Waals surface area contributed by atoms with Crippen LogP contribution in [-0.2, 0) is 39.2 Å². The smallest absolute Gasteiger partial charge is 0.744 e. The first kappa shape index (κ1) is 85.4. The van der Waals surface area contributed by atoms with Crippen LogP contribution in [0.1, 0.15) is 326 Å². The Hall–Kier alpha value is -3.64. The summed E-state index contributed by atoms with van der Waals surface area (Å²) in [5.74, 6) is -3.65. The number of benzene rings is 2. The molecule has 500 valence electrons. The standard InChI is InChI=1S/2C36H58O7S.Ca/c2*1-3-5-7-9-11-13-15-17-19-21-23-25-30-42-35(37)32-28-27-29-33(44(39,40)41)34(32)36(38)43-31-26-24-22-20-18-16-14-12-10-8-6-4-2;/h2*3-6,27-29H,7-26,30-31H2,1-2H3,(H,39,40,41);/q;;+2/p-2/b2*5-3+,6-4+;. The van der Waals surface area contributed by atoms with Crippen LogP contribution in [0, 0.1) is 0 Å². The molecular formula is C72H114CaO14S2. The predicted molar refractivity (Wildman–Crippen MR) is 360 cm³/mol. The number of carbonyl (C=O) groups excluding carboxylic acids is 4. The van der Waals surface area contributed by atoms with E-state index in [0.717, 1.165) is 115 Å². The van der Waals surface area contributed by atoms with Gasteiger partial charge in [-0.25, -0.2) is 36.0 Å². The zero-order valence-electron chi connectivity index (χ0n) is 55.4. The molecule has 0 amide bonds. The topological polar surface area (TPSA) is 220 Å². The summed E-state index contributed by atoms with van der Waals surface area (Å²) >= 11 is 0. The third-order valence-corrected chi connectivity index (χ3v) is 17.1. The van der Waals surface area contributed by atoms with Gasteiger partial charge in [-0.15, -0.1) is 0 Å². The molecule has 0 heterocycles. The van der Waals surface area contributed by atoms with Crippen LogP contribution in [0.25, 0.3) is 0 Å². The zero-order valence-corrected chi connectivity index (χ0v) is 59.3. The Morgan fingerprint density at radius 3 is 0.708 bits per heavy atom. The van der Waals surface area contributed by atoms with Crippen LogP contribution in [0.2, 0.25) is 0 Å². The Morgan fingerprint density at radius 1 is 0.315 bits per heavy atom. The zero-order chi connectivity index (χ0) is 64.6. The molecule has 0 unspecified atom stereocenters. The molecule has 0 spiro atoms. The van der Waals surface area contributed by atoms with Gasteiger partial charge in [0.1, 0.15) is 20.2 Å². The van der Waals surface area contributed by atoms with E-state index in [1.54, 1.807) is 0 Å². The Bertz CT molecular complexity index is 2330. The molecule has 2 aromatic carbocycles. The molecule has 2 aromatic rings. The van der Waals surface area contributed by atoms with E-state index < -0.39 is 65.0 Å². The van der Waals surface area contributed by atoms with E-state index in [9.17, 15) is 45.1 Å². The van der Waals surface area contributed by atoms with Crippen LogP contribution in [-0.4, -0.2) is 114 Å². The first-order valence-electron chi connectivity index (χ1n) is 34.0. The monoisotopic (exact) mass is 1310 g/mol. The second-order valence-electron chi connectivity index (χ2n) is 23.0. The van der Waals surface area contributed by atoms with Crippen LogP contribution in [0.5, 0.6) is 0 Å². The number of hydrogen-bond donors (Lipinski definition) is 0. The fourth-order valence-electron chi connectivity index (χ4n) is 10.3. The minimum absolute atomic E-state index is 0. The maximum Gasteiger partial charge on any atom is 2.00 e. The second kappa shape index (κ2) is 58.2. The van der Waals surface area contributed by atoms with Gasteiger partial charge >= 0.3 is 61.6 Å². The number of hydrogen-bond acceptors (Lipinski definition) is 14. The van der Waals surface area contributed by atoms with Gasteiger partial charge in [0.25, 0.3) is 0 Å². The molecule has 0 saturated heterocycles. The van der Waals surface area contributed by atoms with Gasteiger partial charge in [0.15, 0.2) is 0 Å². The van der Waals surface area contributed by atoms with Gasteiger partial charge in [-0.05, 0) is 129 Å². The summed E-state index contributed by atoms with van der Waals surface area (Å²) in [7, 11) is -10.0. The van der Waals surface area contributed by atoms with Crippen molar-refractivity contribution in [1.29, 1.82) is 0 Å². The molecule has 17 heteroatoms. The maximum atomic E-state index is 12.9. The van der Waals surface area contributed by atoms with Crippen molar-refractivity contribution in [3.05, 3.63) is 107 Å². The summed E-state index contributed by atoms with van der Waals surface area (Å²) in [4.78, 5) is 49.9. The molecule has 0 aromatic heterocycles. The van der Waals surface area contributed by atoms with Gasteiger partial charge in [-0.2, -0.15) is 0 Å². The molecular weight excluding hydrogens is 1190 g/mol. The van der Waals surface area contributed by atoms with E-state index >= 15 is 0 Å². The van der Waals surface area contributed by atoms with Gasteiger partial charge in [-0.1, -0.05) is 241 Å². The first-order valence-corrected chi connectivity index (χ1v) is 36.8. The van der Waals surface area contributed by atoms with Crippen molar-refractivity contribution in [3.8, 4) is 0 Å². The first-order chi connectivity index (χ1) is 42.6. The quantitative estimate of drug-likeness (QED) is 0.0150. The van der Waals surface area contributed by atoms with E-state index in [2.05, 4.69) is 48.6 Å². The van der Waals surface area contributed by atoms with Gasteiger partial charge in [0.2, 0.25) is 0 Å². The van der Waals surface area contributed by atoms with Crippen molar-refractivity contribution >= 4 is 81.9 Å². The summed E-state index contributed by atoms with van der Waals surface area (Å²) in [5.41, 5.74) is -1.58. The summed E-state index contributed by atoms with van der Waals surface area (Å²) in [6, 6.07) is 7.18. The minimum atomic E-state index is -5.01. The Balaban J connectivity index is 0.00000172. The van der Waals surface area contributed by atoms with Crippen LogP contribution in [0.3, 0.4) is 0 Å². The summed E-state index contributed by atoms with van der Waals surface area (Å²) in [6.45, 7) is 8.67. The average Bonchev–Trinajstić information content (AvgIpc) is 3.38. The molecule has 2 rings (SSSR count). The van der Waals surface area contributed by atoms with E-state index in [1.807, 2.05) is 27.7 Å². The predicted octanol–water partition coefficient (Wildman–Crippen LogP) is 19.3. The van der Waals surface area contributed by atoms with Crippen LogP contribution in [0.15, 0.2) is 94.8 Å². The van der Waals surface area contributed by atoms with E-state index in [1.165, 1.54) is 153 Å². The largest absolute Gasteiger partial charge is 2.00 e. The molecule has 0 N–H and O–H groups in total. The summed E-state index contributed by atoms with van der Waals surface area (Å²) in [5, 5.41) is 0. The molecule has 89 heavy (non-hydrogen) atoms. The molecule has 0 bridgehead atoms. The van der Waals surface area contributed by atoms with Crippen molar-refractivity contribution in [2.45, 2.75) is 294 Å². The van der Waals surface area contributed by atoms with E-state index in [0.29, 0.717) is 25.7 Å². The second-order valence-corrected chi connectivity index (χ2v) is 25.7. The molecule has 0 saturated carbocycles. The number of esters is 4. The number of unbranched alkanes of at least 4 members (excludes halogenated alkanes) is 36. The number of rotatable bonds is 54. The fourth-order valence-corrected chi connectivity index (χ4v) is 11.7. The third-order valence-electron chi connectivity index (χ3n) is 15.4.